The van der Waals surface area contributed by atoms with Gasteiger partial charge in [0, 0.05) is 34.3 Å². The second-order valence-corrected chi connectivity index (χ2v) is 10.3. The van der Waals surface area contributed by atoms with E-state index in [4.69, 9.17) is 21.4 Å². The summed E-state index contributed by atoms with van der Waals surface area (Å²) in [6.45, 7) is 0. The van der Waals surface area contributed by atoms with Crippen molar-refractivity contribution in [3.05, 3.63) is 123 Å². The van der Waals surface area contributed by atoms with Crippen LogP contribution in [0.25, 0.3) is 16.8 Å². The van der Waals surface area contributed by atoms with E-state index in [0.717, 1.165) is 27.4 Å². The maximum absolute atomic E-state index is 14.4. The van der Waals surface area contributed by atoms with Gasteiger partial charge in [0.05, 0.1) is 30.8 Å². The highest BCUT2D eigenvalue weighted by Crippen LogP contribution is 2.36. The van der Waals surface area contributed by atoms with Crippen molar-refractivity contribution < 1.29 is 37.0 Å². The Labute approximate surface area is 262 Å². The molecule has 0 unspecified atom stereocenters. The van der Waals surface area contributed by atoms with Crippen LogP contribution in [0.4, 0.5) is 23.2 Å². The second kappa shape index (κ2) is 12.9. The Morgan fingerprint density at radius 1 is 1.02 bits per heavy atom. The summed E-state index contributed by atoms with van der Waals surface area (Å²) >= 11 is 6.23. The number of pyridine rings is 1. The molecule has 0 aliphatic heterocycles. The molecule has 236 valence electrons. The van der Waals surface area contributed by atoms with Crippen LogP contribution in [0.3, 0.4) is 0 Å². The van der Waals surface area contributed by atoms with Gasteiger partial charge in [-0.2, -0.15) is 13.2 Å². The third-order valence-corrected chi connectivity index (χ3v) is 7.16. The number of alkyl halides is 3. The van der Waals surface area contributed by atoms with Gasteiger partial charge in [0.2, 0.25) is 5.91 Å². The van der Waals surface area contributed by atoms with Gasteiger partial charge in [-0.15, -0.1) is 5.10 Å². The summed E-state index contributed by atoms with van der Waals surface area (Å²) in [6, 6.07) is 16.0. The molecule has 5 aromatic rings. The topological polar surface area (TPSA) is 128 Å². The predicted molar refractivity (Wildman–Crippen MR) is 159 cm³/mol. The molecule has 0 aliphatic rings. The molecule has 3 aromatic carbocycles. The maximum atomic E-state index is 14.4. The van der Waals surface area contributed by atoms with Crippen molar-refractivity contribution in [1.82, 2.24) is 19.6 Å². The number of nitrogens with one attached hydrogen (secondary N) is 1. The lowest BCUT2D eigenvalue weighted by atomic mass is 10.0. The molecule has 0 spiro atoms. The Kier molecular flexibility index (Phi) is 8.91. The fraction of sp³-hybridized carbons (Fsp3) is 0.129. The van der Waals surface area contributed by atoms with E-state index in [0.29, 0.717) is 11.8 Å². The lowest BCUT2D eigenvalue weighted by molar-refractivity contribution is -0.141. The van der Waals surface area contributed by atoms with Crippen LogP contribution in [0, 0.1) is 5.82 Å². The van der Waals surface area contributed by atoms with E-state index >= 15 is 0 Å². The van der Waals surface area contributed by atoms with Crippen molar-refractivity contribution >= 4 is 29.2 Å². The van der Waals surface area contributed by atoms with E-state index < -0.39 is 46.7 Å². The van der Waals surface area contributed by atoms with E-state index in [2.05, 4.69) is 15.6 Å². The van der Waals surface area contributed by atoms with Gasteiger partial charge >= 0.3 is 12.1 Å². The second-order valence-electron chi connectivity index (χ2n) is 9.90. The standard InChI is InChI=1S/C31H22ClF4N5O5/c1-46-26-15-40(25(11-17-5-3-2-4-6-17)29(43)37-19-8-9-20(30(44)45)23(33)13-19)28(42)14-22(26)21-12-18(32)7-10-24(21)41-16-27(38-39-41)31(34,35)36/h2-10,12-16,25H,11H2,1H3,(H,37,43)(H,44,45)/t25-/m0/s1. The van der Waals surface area contributed by atoms with Crippen LogP contribution in [0.1, 0.15) is 27.7 Å². The summed E-state index contributed by atoms with van der Waals surface area (Å²) in [6.07, 6.45) is -2.79. The predicted octanol–water partition coefficient (Wildman–Crippen LogP) is 6.04. The Morgan fingerprint density at radius 3 is 2.39 bits per heavy atom. The Bertz CT molecular complexity index is 2000. The van der Waals surface area contributed by atoms with Crippen LogP contribution >= 0.6 is 11.6 Å². The maximum Gasteiger partial charge on any atom is 0.436 e. The minimum absolute atomic E-state index is 0.00631. The Balaban J connectivity index is 1.59. The van der Waals surface area contributed by atoms with Gasteiger partial charge in [-0.05, 0) is 42.0 Å². The number of carbonyl (C=O) groups excluding carboxylic acids is 1. The Hall–Kier alpha value is -5.50. The van der Waals surface area contributed by atoms with Crippen molar-refractivity contribution in [2.45, 2.75) is 18.6 Å². The minimum atomic E-state index is -4.75. The fourth-order valence-corrected chi connectivity index (χ4v) is 4.90. The lowest BCUT2D eigenvalue weighted by Gasteiger charge is -2.22. The number of ether oxygens (including phenoxy) is 1. The number of carboxylic acid groups (broad SMARTS) is 1. The number of amides is 1. The van der Waals surface area contributed by atoms with Crippen molar-refractivity contribution in [2.75, 3.05) is 12.4 Å². The first-order valence-corrected chi connectivity index (χ1v) is 13.7. The molecule has 0 saturated heterocycles. The summed E-state index contributed by atoms with van der Waals surface area (Å²) in [4.78, 5) is 38.5. The van der Waals surface area contributed by atoms with Gasteiger partial charge in [0.15, 0.2) is 5.69 Å². The van der Waals surface area contributed by atoms with Gasteiger partial charge in [0.1, 0.15) is 17.6 Å². The highest BCUT2D eigenvalue weighted by atomic mass is 35.5. The first-order valence-electron chi connectivity index (χ1n) is 13.3. The van der Waals surface area contributed by atoms with Crippen LogP contribution < -0.4 is 15.6 Å². The first kappa shape index (κ1) is 31.9. The third kappa shape index (κ3) is 6.76. The molecule has 1 amide bonds. The van der Waals surface area contributed by atoms with Crippen molar-refractivity contribution in [2.24, 2.45) is 0 Å². The van der Waals surface area contributed by atoms with Crippen LogP contribution in [0.15, 0.2) is 90.0 Å². The van der Waals surface area contributed by atoms with Crippen molar-refractivity contribution in [3.8, 4) is 22.6 Å². The molecule has 5 rings (SSSR count). The van der Waals surface area contributed by atoms with Crippen LogP contribution in [-0.2, 0) is 17.4 Å². The summed E-state index contributed by atoms with van der Waals surface area (Å²) in [7, 11) is 1.30. The average molecular weight is 656 g/mol. The third-order valence-electron chi connectivity index (χ3n) is 6.92. The molecule has 0 aliphatic carbocycles. The van der Waals surface area contributed by atoms with E-state index in [-0.39, 0.29) is 39.7 Å². The van der Waals surface area contributed by atoms with E-state index in [9.17, 15) is 31.9 Å². The average Bonchev–Trinajstić information content (AvgIpc) is 3.51. The molecule has 15 heteroatoms. The number of hydrogen-bond acceptors (Lipinski definition) is 6. The molecule has 2 N–H and O–H groups in total. The number of carboxylic acids is 1. The molecule has 46 heavy (non-hydrogen) atoms. The molecule has 10 nitrogen and oxygen atoms in total. The smallest absolute Gasteiger partial charge is 0.436 e. The molecular weight excluding hydrogens is 634 g/mol. The van der Waals surface area contributed by atoms with Crippen LogP contribution in [0.5, 0.6) is 5.75 Å². The first-order chi connectivity index (χ1) is 21.8. The number of anilines is 1. The van der Waals surface area contributed by atoms with E-state index in [1.165, 1.54) is 37.6 Å². The van der Waals surface area contributed by atoms with Crippen LogP contribution in [0.2, 0.25) is 5.02 Å². The molecule has 1 atom stereocenters. The van der Waals surface area contributed by atoms with Gasteiger partial charge in [0.25, 0.3) is 5.56 Å². The molecule has 2 heterocycles. The van der Waals surface area contributed by atoms with Crippen LogP contribution in [-0.4, -0.2) is 43.7 Å². The quantitative estimate of drug-likeness (QED) is 0.185. The zero-order valence-electron chi connectivity index (χ0n) is 23.6. The molecule has 0 saturated carbocycles. The van der Waals surface area contributed by atoms with Gasteiger partial charge in [-0.1, -0.05) is 47.1 Å². The lowest BCUT2D eigenvalue weighted by Crippen LogP contribution is -2.34. The number of benzene rings is 3. The molecule has 0 radical (unpaired) electrons. The normalized spacial score (nSPS) is 12.0. The molecule has 0 fully saturated rings. The highest BCUT2D eigenvalue weighted by molar-refractivity contribution is 6.31. The number of hydrogen-bond donors (Lipinski definition) is 2. The van der Waals surface area contributed by atoms with Gasteiger partial charge in [-0.25, -0.2) is 13.9 Å². The number of rotatable bonds is 9. The van der Waals surface area contributed by atoms with Gasteiger partial charge < -0.3 is 15.2 Å². The number of aromatic carboxylic acids is 1. The summed E-state index contributed by atoms with van der Waals surface area (Å²) in [5.41, 5.74) is -1.46. The molecule has 2 aromatic heterocycles. The number of carbonyl (C=O) groups is 2. The van der Waals surface area contributed by atoms with Gasteiger partial charge in [-0.3, -0.25) is 14.2 Å². The number of methoxy groups -OCH3 is 1. The summed E-state index contributed by atoms with van der Waals surface area (Å²) in [5.74, 6) is -3.22. The highest BCUT2D eigenvalue weighted by Gasteiger charge is 2.35. The number of halogens is 5. The zero-order valence-corrected chi connectivity index (χ0v) is 24.4. The summed E-state index contributed by atoms with van der Waals surface area (Å²) < 4.78 is 61.7. The SMILES string of the molecule is COc1cn([C@@H](Cc2ccccc2)C(=O)Nc2ccc(C(=O)O)c(F)c2)c(=O)cc1-c1cc(Cl)ccc1-n1cc(C(F)(F)F)nn1. The summed E-state index contributed by atoms with van der Waals surface area (Å²) in [5, 5.41) is 18.6. The van der Waals surface area contributed by atoms with Crippen molar-refractivity contribution in [1.29, 1.82) is 0 Å². The monoisotopic (exact) mass is 655 g/mol. The molecule has 0 bridgehead atoms. The zero-order chi connectivity index (χ0) is 33.2. The van der Waals surface area contributed by atoms with Crippen molar-refractivity contribution in [3.63, 3.8) is 0 Å². The Morgan fingerprint density at radius 2 is 1.76 bits per heavy atom. The largest absolute Gasteiger partial charge is 0.495 e. The number of nitrogens with zero attached hydrogens (tertiary/aromatic N) is 4. The van der Waals surface area contributed by atoms with E-state index in [1.807, 2.05) is 0 Å². The minimum Gasteiger partial charge on any atom is -0.495 e. The molecular formula is C31H22ClF4N5O5. The van der Waals surface area contributed by atoms with E-state index in [1.54, 1.807) is 30.3 Å². The number of aromatic nitrogens is 4. The fourth-order valence-electron chi connectivity index (χ4n) is 4.73.